The Bertz CT molecular complexity index is 1640. The Morgan fingerprint density at radius 3 is 2.54 bits per heavy atom. The SMILES string of the molecule is Cc1coc(Nc2cc(NC(=O)c3cc(F)cc(C(F)(F)F)c3)c3c(c2)C(=O)NC3c2cc(F)ccc2Cl)n1. The van der Waals surface area contributed by atoms with Crippen molar-refractivity contribution in [3.05, 3.63) is 105 Å². The van der Waals surface area contributed by atoms with Gasteiger partial charge in [-0.2, -0.15) is 18.2 Å². The number of alkyl halides is 3. The maximum absolute atomic E-state index is 14.1. The molecule has 0 saturated heterocycles. The minimum atomic E-state index is -4.90. The predicted molar refractivity (Wildman–Crippen MR) is 131 cm³/mol. The summed E-state index contributed by atoms with van der Waals surface area (Å²) in [6.45, 7) is 1.68. The zero-order valence-electron chi connectivity index (χ0n) is 19.7. The lowest BCUT2D eigenvalue weighted by Gasteiger charge is -2.19. The van der Waals surface area contributed by atoms with E-state index in [4.69, 9.17) is 16.0 Å². The number of anilines is 3. The smallest absolute Gasteiger partial charge is 0.416 e. The van der Waals surface area contributed by atoms with E-state index in [1.54, 1.807) is 6.92 Å². The number of rotatable bonds is 5. The topological polar surface area (TPSA) is 96.3 Å². The lowest BCUT2D eigenvalue weighted by atomic mass is 9.95. The lowest BCUT2D eigenvalue weighted by molar-refractivity contribution is -0.137. The van der Waals surface area contributed by atoms with Crippen molar-refractivity contribution in [2.24, 2.45) is 0 Å². The Balaban J connectivity index is 1.62. The minimum Gasteiger partial charge on any atom is -0.432 e. The van der Waals surface area contributed by atoms with Crippen LogP contribution < -0.4 is 16.0 Å². The van der Waals surface area contributed by atoms with Crippen LogP contribution in [-0.2, 0) is 6.18 Å². The van der Waals surface area contributed by atoms with Crippen LogP contribution in [0.25, 0.3) is 0 Å². The van der Waals surface area contributed by atoms with Crippen molar-refractivity contribution >= 4 is 40.8 Å². The normalized spacial score (nSPS) is 14.6. The van der Waals surface area contributed by atoms with Crippen LogP contribution in [0.2, 0.25) is 5.02 Å². The van der Waals surface area contributed by atoms with Crippen molar-refractivity contribution in [1.29, 1.82) is 0 Å². The zero-order chi connectivity index (χ0) is 28.1. The number of halogens is 6. The van der Waals surface area contributed by atoms with Gasteiger partial charge in [0.1, 0.15) is 17.9 Å². The first-order chi connectivity index (χ1) is 18.4. The fraction of sp³-hybridized carbons (Fsp3) is 0.115. The van der Waals surface area contributed by atoms with E-state index < -0.39 is 46.8 Å². The molecule has 2 amide bonds. The van der Waals surface area contributed by atoms with Gasteiger partial charge in [0.25, 0.3) is 17.8 Å². The zero-order valence-corrected chi connectivity index (χ0v) is 20.5. The summed E-state index contributed by atoms with van der Waals surface area (Å²) in [5.74, 6) is -3.59. The average molecular weight is 563 g/mol. The molecule has 1 unspecified atom stereocenters. The number of carbonyl (C=O) groups excluding carboxylic acids is 2. The van der Waals surface area contributed by atoms with Gasteiger partial charge in [-0.15, -0.1) is 0 Å². The van der Waals surface area contributed by atoms with Crippen LogP contribution in [0.15, 0.2) is 59.2 Å². The quantitative estimate of drug-likeness (QED) is 0.234. The van der Waals surface area contributed by atoms with E-state index in [-0.39, 0.29) is 45.2 Å². The Morgan fingerprint density at radius 2 is 1.85 bits per heavy atom. The number of oxazole rings is 1. The highest BCUT2D eigenvalue weighted by molar-refractivity contribution is 6.31. The maximum Gasteiger partial charge on any atom is 0.416 e. The predicted octanol–water partition coefficient (Wildman–Crippen LogP) is 6.76. The molecule has 4 aromatic rings. The Hall–Kier alpha value is -4.45. The number of hydrogen-bond donors (Lipinski definition) is 3. The van der Waals surface area contributed by atoms with Crippen LogP contribution >= 0.6 is 11.6 Å². The molecule has 13 heteroatoms. The molecule has 39 heavy (non-hydrogen) atoms. The molecule has 1 aromatic heterocycles. The summed E-state index contributed by atoms with van der Waals surface area (Å²) in [4.78, 5) is 30.1. The number of nitrogens with one attached hydrogen (secondary N) is 3. The average Bonchev–Trinajstić information content (AvgIpc) is 3.42. The number of aromatic nitrogens is 1. The van der Waals surface area contributed by atoms with Crippen molar-refractivity contribution in [2.75, 3.05) is 10.6 Å². The molecule has 1 atom stereocenters. The molecule has 0 saturated carbocycles. The van der Waals surface area contributed by atoms with Gasteiger partial charge in [0, 0.05) is 38.7 Å². The van der Waals surface area contributed by atoms with E-state index in [0.717, 1.165) is 12.1 Å². The van der Waals surface area contributed by atoms with E-state index in [1.807, 2.05) is 0 Å². The molecule has 200 valence electrons. The standard InChI is InChI=1S/C26H16ClF5N4O3/c1-11-10-39-25(33-11)34-16-8-18-21(22(36-24(18)38)17-7-14(28)2-3-19(17)27)20(9-16)35-23(37)12-4-13(26(30,31)32)6-15(29)5-12/h2-10,22H,1H3,(H,33,34)(H,35,37)(H,36,38). The molecule has 1 aliphatic heterocycles. The van der Waals surface area contributed by atoms with Gasteiger partial charge in [-0.1, -0.05) is 11.6 Å². The van der Waals surface area contributed by atoms with Crippen molar-refractivity contribution in [2.45, 2.75) is 19.1 Å². The van der Waals surface area contributed by atoms with Crippen molar-refractivity contribution in [3.63, 3.8) is 0 Å². The van der Waals surface area contributed by atoms with Crippen LogP contribution in [-0.4, -0.2) is 16.8 Å². The molecule has 0 fully saturated rings. The van der Waals surface area contributed by atoms with E-state index in [2.05, 4.69) is 20.9 Å². The molecule has 0 radical (unpaired) electrons. The van der Waals surface area contributed by atoms with E-state index in [0.29, 0.717) is 17.8 Å². The van der Waals surface area contributed by atoms with Gasteiger partial charge in [-0.25, -0.2) is 8.78 Å². The van der Waals surface area contributed by atoms with Crippen LogP contribution in [0.5, 0.6) is 0 Å². The highest BCUT2D eigenvalue weighted by atomic mass is 35.5. The van der Waals surface area contributed by atoms with Gasteiger partial charge >= 0.3 is 6.18 Å². The fourth-order valence-electron chi connectivity index (χ4n) is 4.19. The number of benzene rings is 3. The van der Waals surface area contributed by atoms with Gasteiger partial charge in [0.2, 0.25) is 0 Å². The van der Waals surface area contributed by atoms with Crippen molar-refractivity contribution in [3.8, 4) is 0 Å². The summed E-state index contributed by atoms with van der Waals surface area (Å²) in [5, 5.41) is 8.08. The first-order valence-electron chi connectivity index (χ1n) is 11.2. The third-order valence-electron chi connectivity index (χ3n) is 5.86. The third kappa shape index (κ3) is 5.28. The highest BCUT2D eigenvalue weighted by Crippen LogP contribution is 2.41. The second kappa shape index (κ2) is 9.70. The molecule has 5 rings (SSSR count). The lowest BCUT2D eigenvalue weighted by Crippen LogP contribution is -2.21. The van der Waals surface area contributed by atoms with E-state index in [9.17, 15) is 31.5 Å². The summed E-state index contributed by atoms with van der Waals surface area (Å²) >= 11 is 6.28. The summed E-state index contributed by atoms with van der Waals surface area (Å²) in [7, 11) is 0. The highest BCUT2D eigenvalue weighted by Gasteiger charge is 2.36. The van der Waals surface area contributed by atoms with E-state index in [1.165, 1.54) is 24.5 Å². The Kier molecular flexibility index (Phi) is 6.51. The number of aryl methyl sites for hydroxylation is 1. The van der Waals surface area contributed by atoms with Crippen molar-refractivity contribution in [1.82, 2.24) is 10.3 Å². The number of nitrogens with zero attached hydrogens (tertiary/aromatic N) is 1. The maximum atomic E-state index is 14.1. The molecule has 2 heterocycles. The summed E-state index contributed by atoms with van der Waals surface area (Å²) in [5.41, 5.74) is -0.830. The van der Waals surface area contributed by atoms with Crippen LogP contribution in [0.3, 0.4) is 0 Å². The first-order valence-corrected chi connectivity index (χ1v) is 11.6. The monoisotopic (exact) mass is 562 g/mol. The molecule has 0 spiro atoms. The summed E-state index contributed by atoms with van der Waals surface area (Å²) in [6, 6.07) is 6.78. The largest absolute Gasteiger partial charge is 0.432 e. The first kappa shape index (κ1) is 26.2. The third-order valence-corrected chi connectivity index (χ3v) is 6.21. The molecule has 1 aliphatic rings. The van der Waals surface area contributed by atoms with Gasteiger partial charge in [-0.05, 0) is 55.5 Å². The number of hydrogen-bond acceptors (Lipinski definition) is 5. The number of carbonyl (C=O) groups is 2. The Labute approximate surface area is 222 Å². The van der Waals surface area contributed by atoms with Crippen LogP contribution in [0, 0.1) is 18.6 Å². The number of amides is 2. The van der Waals surface area contributed by atoms with E-state index >= 15 is 0 Å². The molecule has 0 aliphatic carbocycles. The van der Waals surface area contributed by atoms with Gasteiger partial charge in [0.15, 0.2) is 0 Å². The van der Waals surface area contributed by atoms with Gasteiger partial charge in [-0.3, -0.25) is 9.59 Å². The summed E-state index contributed by atoms with van der Waals surface area (Å²) in [6.07, 6.45) is -3.53. The van der Waals surface area contributed by atoms with Crippen LogP contribution in [0.1, 0.15) is 49.1 Å². The molecule has 3 N–H and O–H groups in total. The van der Waals surface area contributed by atoms with Gasteiger partial charge in [0.05, 0.1) is 17.3 Å². The second-order valence-corrected chi connectivity index (χ2v) is 9.06. The van der Waals surface area contributed by atoms with Gasteiger partial charge < -0.3 is 20.4 Å². The molecule has 7 nitrogen and oxygen atoms in total. The minimum absolute atomic E-state index is 0.0372. The fourth-order valence-corrected chi connectivity index (χ4v) is 4.42. The molecule has 3 aromatic carbocycles. The Morgan fingerprint density at radius 1 is 1.08 bits per heavy atom. The molecular formula is C26H16ClF5N4O3. The second-order valence-electron chi connectivity index (χ2n) is 8.66. The van der Waals surface area contributed by atoms with Crippen molar-refractivity contribution < 1.29 is 36.0 Å². The summed E-state index contributed by atoms with van der Waals surface area (Å²) < 4.78 is 73.0. The molecule has 0 bridgehead atoms. The van der Waals surface area contributed by atoms with Crippen LogP contribution in [0.4, 0.5) is 39.3 Å². The number of fused-ring (bicyclic) bond motifs is 1. The molecular weight excluding hydrogens is 547 g/mol.